The maximum atomic E-state index is 6.24. The third kappa shape index (κ3) is 2.27. The fraction of sp³-hybridized carbons (Fsp3) is 0.647. The van der Waals surface area contributed by atoms with Crippen molar-refractivity contribution in [2.75, 3.05) is 6.54 Å². The molecule has 1 saturated heterocycles. The van der Waals surface area contributed by atoms with Crippen molar-refractivity contribution >= 4 is 0 Å². The molecule has 0 N–H and O–H groups in total. The van der Waals surface area contributed by atoms with Gasteiger partial charge in [0, 0.05) is 24.1 Å². The van der Waals surface area contributed by atoms with Gasteiger partial charge in [0.15, 0.2) is 0 Å². The van der Waals surface area contributed by atoms with Crippen LogP contribution in [0, 0.1) is 0 Å². The third-order valence-electron chi connectivity index (χ3n) is 4.44. The first kappa shape index (κ1) is 13.0. The molecule has 19 heavy (non-hydrogen) atoms. The molecule has 2 aliphatic heterocycles. The number of para-hydroxylation sites is 1. The second-order valence-electron chi connectivity index (χ2n) is 6.86. The van der Waals surface area contributed by atoms with Crippen LogP contribution in [0.4, 0.5) is 0 Å². The van der Waals surface area contributed by atoms with Gasteiger partial charge in [-0.3, -0.25) is 4.90 Å². The Hall–Kier alpha value is -1.02. The molecule has 1 atom stereocenters. The number of rotatable bonds is 2. The lowest BCUT2D eigenvalue weighted by Crippen LogP contribution is -2.30. The van der Waals surface area contributed by atoms with Crippen LogP contribution in [0.25, 0.3) is 0 Å². The van der Waals surface area contributed by atoms with E-state index < -0.39 is 0 Å². The van der Waals surface area contributed by atoms with Gasteiger partial charge in [0.05, 0.1) is 0 Å². The lowest BCUT2D eigenvalue weighted by Gasteiger charge is -2.30. The number of nitrogens with zero attached hydrogens (tertiary/aromatic N) is 1. The van der Waals surface area contributed by atoms with E-state index in [0.29, 0.717) is 12.1 Å². The molecule has 1 fully saturated rings. The van der Waals surface area contributed by atoms with Crippen molar-refractivity contribution in [2.45, 2.75) is 64.6 Å². The second-order valence-corrected chi connectivity index (χ2v) is 6.86. The Labute approximate surface area is 116 Å². The van der Waals surface area contributed by atoms with Crippen LogP contribution in [0.2, 0.25) is 0 Å². The van der Waals surface area contributed by atoms with Crippen LogP contribution in [0.5, 0.6) is 5.75 Å². The molecule has 1 aromatic carbocycles. The van der Waals surface area contributed by atoms with Gasteiger partial charge < -0.3 is 4.74 Å². The Balaban J connectivity index is 1.97. The fourth-order valence-corrected chi connectivity index (χ4v) is 3.64. The zero-order valence-corrected chi connectivity index (χ0v) is 12.6. The standard InChI is InChI=1S/C17H25NO/c1-12(2)18-10-6-9-15(18)14-8-5-7-13-11-17(3,4)19-16(13)14/h5,7-8,12,15H,6,9-11H2,1-4H3. The SMILES string of the molecule is CC(C)N1CCCC1c1cccc2c1OC(C)(C)C2. The Bertz CT molecular complexity index is 478. The lowest BCUT2D eigenvalue weighted by atomic mass is 9.97. The number of hydrogen-bond acceptors (Lipinski definition) is 2. The summed E-state index contributed by atoms with van der Waals surface area (Å²) in [5.41, 5.74) is 2.76. The van der Waals surface area contributed by atoms with Gasteiger partial charge >= 0.3 is 0 Å². The topological polar surface area (TPSA) is 12.5 Å². The molecule has 0 bridgehead atoms. The van der Waals surface area contributed by atoms with Crippen LogP contribution in [-0.2, 0) is 6.42 Å². The molecule has 0 aromatic heterocycles. The summed E-state index contributed by atoms with van der Waals surface area (Å²) >= 11 is 0. The highest BCUT2D eigenvalue weighted by atomic mass is 16.5. The van der Waals surface area contributed by atoms with Crippen molar-refractivity contribution < 1.29 is 4.74 Å². The number of benzene rings is 1. The van der Waals surface area contributed by atoms with E-state index in [2.05, 4.69) is 50.8 Å². The van der Waals surface area contributed by atoms with E-state index >= 15 is 0 Å². The van der Waals surface area contributed by atoms with Crippen molar-refractivity contribution in [1.29, 1.82) is 0 Å². The summed E-state index contributed by atoms with van der Waals surface area (Å²) in [6.07, 6.45) is 3.60. The van der Waals surface area contributed by atoms with E-state index in [0.717, 1.165) is 6.42 Å². The molecule has 2 heteroatoms. The fourth-order valence-electron chi connectivity index (χ4n) is 3.64. The maximum Gasteiger partial charge on any atom is 0.128 e. The third-order valence-corrected chi connectivity index (χ3v) is 4.44. The highest BCUT2D eigenvalue weighted by molar-refractivity contribution is 5.47. The number of fused-ring (bicyclic) bond motifs is 1. The number of ether oxygens (including phenoxy) is 1. The Morgan fingerprint density at radius 3 is 2.84 bits per heavy atom. The molecular formula is C17H25NO. The van der Waals surface area contributed by atoms with Crippen molar-refractivity contribution in [1.82, 2.24) is 4.90 Å². The summed E-state index contributed by atoms with van der Waals surface area (Å²) in [6.45, 7) is 10.2. The second kappa shape index (κ2) is 4.52. The van der Waals surface area contributed by atoms with E-state index in [-0.39, 0.29) is 5.60 Å². The zero-order chi connectivity index (χ0) is 13.6. The van der Waals surface area contributed by atoms with Crippen molar-refractivity contribution in [3.63, 3.8) is 0 Å². The quantitative estimate of drug-likeness (QED) is 0.797. The van der Waals surface area contributed by atoms with E-state index in [1.54, 1.807) is 0 Å². The Morgan fingerprint density at radius 2 is 2.11 bits per heavy atom. The van der Waals surface area contributed by atoms with Gasteiger partial charge in [0.25, 0.3) is 0 Å². The lowest BCUT2D eigenvalue weighted by molar-refractivity contribution is 0.132. The van der Waals surface area contributed by atoms with Crippen LogP contribution in [0.15, 0.2) is 18.2 Å². The average molecular weight is 259 g/mol. The molecule has 2 aliphatic rings. The van der Waals surface area contributed by atoms with Gasteiger partial charge in [-0.15, -0.1) is 0 Å². The molecule has 0 radical (unpaired) electrons. The highest BCUT2D eigenvalue weighted by Crippen LogP contribution is 2.44. The molecule has 0 amide bonds. The monoisotopic (exact) mass is 259 g/mol. The van der Waals surface area contributed by atoms with Crippen molar-refractivity contribution in [3.05, 3.63) is 29.3 Å². The van der Waals surface area contributed by atoms with E-state index in [1.165, 1.54) is 36.3 Å². The molecular weight excluding hydrogens is 234 g/mol. The number of hydrogen-bond donors (Lipinski definition) is 0. The predicted molar refractivity (Wildman–Crippen MR) is 78.7 cm³/mol. The minimum atomic E-state index is -0.0420. The first-order valence-corrected chi connectivity index (χ1v) is 7.54. The van der Waals surface area contributed by atoms with Gasteiger partial charge in [-0.1, -0.05) is 18.2 Å². The summed E-state index contributed by atoms with van der Waals surface area (Å²) in [4.78, 5) is 2.62. The molecule has 1 aromatic rings. The first-order valence-electron chi connectivity index (χ1n) is 7.54. The largest absolute Gasteiger partial charge is 0.487 e. The average Bonchev–Trinajstić information content (AvgIpc) is 2.89. The van der Waals surface area contributed by atoms with Crippen LogP contribution in [0.3, 0.4) is 0 Å². The molecule has 0 saturated carbocycles. The summed E-state index contributed by atoms with van der Waals surface area (Å²) in [5.74, 6) is 1.17. The van der Waals surface area contributed by atoms with Crippen molar-refractivity contribution in [3.8, 4) is 5.75 Å². The Morgan fingerprint density at radius 1 is 1.32 bits per heavy atom. The first-order chi connectivity index (χ1) is 8.98. The van der Waals surface area contributed by atoms with Crippen LogP contribution in [0.1, 0.15) is 57.7 Å². The van der Waals surface area contributed by atoms with Gasteiger partial charge in [0.2, 0.25) is 0 Å². The molecule has 3 rings (SSSR count). The molecule has 2 heterocycles. The summed E-state index contributed by atoms with van der Waals surface area (Å²) in [6, 6.07) is 7.85. The molecule has 1 unspecified atom stereocenters. The molecule has 104 valence electrons. The minimum Gasteiger partial charge on any atom is -0.487 e. The predicted octanol–water partition coefficient (Wildman–Crippen LogP) is 3.95. The van der Waals surface area contributed by atoms with E-state index in [4.69, 9.17) is 4.74 Å². The minimum absolute atomic E-state index is 0.0420. The molecule has 0 spiro atoms. The van der Waals surface area contributed by atoms with Gasteiger partial charge in [-0.25, -0.2) is 0 Å². The summed E-state index contributed by atoms with van der Waals surface area (Å²) in [7, 11) is 0. The van der Waals surface area contributed by atoms with Gasteiger partial charge in [-0.2, -0.15) is 0 Å². The molecule has 0 aliphatic carbocycles. The van der Waals surface area contributed by atoms with Crippen molar-refractivity contribution in [2.24, 2.45) is 0 Å². The Kier molecular flexibility index (Phi) is 3.09. The maximum absolute atomic E-state index is 6.24. The van der Waals surface area contributed by atoms with E-state index in [1.807, 2.05) is 0 Å². The van der Waals surface area contributed by atoms with Gasteiger partial charge in [-0.05, 0) is 52.6 Å². The molecule has 2 nitrogen and oxygen atoms in total. The van der Waals surface area contributed by atoms with Crippen LogP contribution < -0.4 is 4.74 Å². The summed E-state index contributed by atoms with van der Waals surface area (Å²) in [5, 5.41) is 0. The smallest absolute Gasteiger partial charge is 0.128 e. The van der Waals surface area contributed by atoms with E-state index in [9.17, 15) is 0 Å². The normalized spacial score (nSPS) is 25.6. The zero-order valence-electron chi connectivity index (χ0n) is 12.6. The number of likely N-dealkylation sites (tertiary alicyclic amines) is 1. The van der Waals surface area contributed by atoms with Crippen LogP contribution in [-0.4, -0.2) is 23.1 Å². The highest BCUT2D eigenvalue weighted by Gasteiger charge is 2.36. The summed E-state index contributed by atoms with van der Waals surface area (Å²) < 4.78 is 6.24. The van der Waals surface area contributed by atoms with Gasteiger partial charge in [0.1, 0.15) is 11.4 Å². The van der Waals surface area contributed by atoms with Crippen LogP contribution >= 0.6 is 0 Å².